The van der Waals surface area contributed by atoms with E-state index in [9.17, 15) is 4.79 Å². The van der Waals surface area contributed by atoms with Gasteiger partial charge in [0.05, 0.1) is 12.9 Å². The molecule has 0 bridgehead atoms. The van der Waals surface area contributed by atoms with Gasteiger partial charge in [0.15, 0.2) is 5.78 Å². The summed E-state index contributed by atoms with van der Waals surface area (Å²) < 4.78 is 6.88. The lowest BCUT2D eigenvalue weighted by molar-refractivity contribution is 0.102. The molecule has 0 saturated carbocycles. The second kappa shape index (κ2) is 7.46. The zero-order valence-electron chi connectivity index (χ0n) is 12.7. The van der Waals surface area contributed by atoms with Crippen LogP contribution in [0.3, 0.4) is 0 Å². The number of halogens is 1. The largest absolute Gasteiger partial charge is 0.494 e. The Morgan fingerprint density at radius 2 is 1.96 bits per heavy atom. The summed E-state index contributed by atoms with van der Waals surface area (Å²) in [5.74, 6) is 0.846. The summed E-state index contributed by atoms with van der Waals surface area (Å²) in [6, 6.07) is 14.2. The van der Waals surface area contributed by atoms with Gasteiger partial charge in [0.2, 0.25) is 5.16 Å². The lowest BCUT2D eigenvalue weighted by atomic mass is 10.1. The monoisotopic (exact) mass is 360 g/mol. The minimum Gasteiger partial charge on any atom is -0.494 e. The highest BCUT2D eigenvalue weighted by atomic mass is 35.5. The van der Waals surface area contributed by atoms with Gasteiger partial charge in [-0.1, -0.05) is 35.5 Å². The van der Waals surface area contributed by atoms with Gasteiger partial charge in [-0.2, -0.15) is 4.68 Å². The molecule has 6 nitrogen and oxygen atoms in total. The van der Waals surface area contributed by atoms with Crippen LogP contribution in [0.25, 0.3) is 5.69 Å². The molecule has 0 unspecified atom stereocenters. The van der Waals surface area contributed by atoms with Gasteiger partial charge in [0.25, 0.3) is 0 Å². The van der Waals surface area contributed by atoms with E-state index < -0.39 is 0 Å². The van der Waals surface area contributed by atoms with Crippen molar-refractivity contribution >= 4 is 29.1 Å². The molecule has 3 rings (SSSR count). The summed E-state index contributed by atoms with van der Waals surface area (Å²) in [7, 11) is 1.58. The Morgan fingerprint density at radius 1 is 1.21 bits per heavy atom. The first-order valence-corrected chi connectivity index (χ1v) is 8.38. The zero-order chi connectivity index (χ0) is 16.9. The molecule has 0 N–H and O–H groups in total. The summed E-state index contributed by atoms with van der Waals surface area (Å²) in [4.78, 5) is 12.3. The Hall–Kier alpha value is -2.38. The standard InChI is InChI=1S/C16H13ClN4O2S/c1-23-15-5-3-2-4-13(15)21-16(18-19-20-21)24-10-14(22)11-6-8-12(17)9-7-11/h2-9H,10H2,1H3. The summed E-state index contributed by atoms with van der Waals surface area (Å²) >= 11 is 7.10. The topological polar surface area (TPSA) is 69.9 Å². The zero-order valence-corrected chi connectivity index (χ0v) is 14.3. The average molecular weight is 361 g/mol. The minimum atomic E-state index is -0.0220. The summed E-state index contributed by atoms with van der Waals surface area (Å²) in [5, 5.41) is 12.8. The van der Waals surface area contributed by atoms with Crippen molar-refractivity contribution in [3.05, 3.63) is 59.1 Å². The number of aromatic nitrogens is 4. The van der Waals surface area contributed by atoms with Crippen LogP contribution in [-0.4, -0.2) is 38.9 Å². The van der Waals surface area contributed by atoms with Gasteiger partial charge in [-0.3, -0.25) is 4.79 Å². The van der Waals surface area contributed by atoms with Crippen LogP contribution >= 0.6 is 23.4 Å². The number of carbonyl (C=O) groups is 1. The van der Waals surface area contributed by atoms with E-state index in [2.05, 4.69) is 15.5 Å². The molecule has 1 heterocycles. The minimum absolute atomic E-state index is 0.0220. The maximum atomic E-state index is 12.3. The van der Waals surface area contributed by atoms with Crippen LogP contribution < -0.4 is 4.74 Å². The van der Waals surface area contributed by atoms with E-state index in [1.807, 2.05) is 24.3 Å². The molecule has 1 aromatic heterocycles. The molecule has 0 radical (unpaired) electrons. The lowest BCUT2D eigenvalue weighted by Crippen LogP contribution is -2.05. The number of rotatable bonds is 6. The highest BCUT2D eigenvalue weighted by Gasteiger charge is 2.15. The third-order valence-corrected chi connectivity index (χ3v) is 4.42. The number of thioether (sulfide) groups is 1. The summed E-state index contributed by atoms with van der Waals surface area (Å²) in [6.45, 7) is 0. The van der Waals surface area contributed by atoms with E-state index in [0.717, 1.165) is 0 Å². The van der Waals surface area contributed by atoms with Crippen molar-refractivity contribution in [1.29, 1.82) is 0 Å². The molecule has 0 saturated heterocycles. The van der Waals surface area contributed by atoms with Gasteiger partial charge in [0, 0.05) is 10.6 Å². The molecule has 0 atom stereocenters. The number of hydrogen-bond acceptors (Lipinski definition) is 6. The van der Waals surface area contributed by atoms with E-state index in [1.165, 1.54) is 11.8 Å². The predicted octanol–water partition coefficient (Wildman–Crippen LogP) is 3.30. The number of ketones is 1. The Bertz CT molecular complexity index is 851. The van der Waals surface area contributed by atoms with Gasteiger partial charge in [-0.05, 0) is 46.8 Å². The third kappa shape index (κ3) is 3.58. The second-order valence-corrected chi connectivity index (χ2v) is 6.14. The highest BCUT2D eigenvalue weighted by Crippen LogP contribution is 2.26. The van der Waals surface area contributed by atoms with Crippen LogP contribution in [0.4, 0.5) is 0 Å². The fourth-order valence-electron chi connectivity index (χ4n) is 2.07. The molecular formula is C16H13ClN4O2S. The van der Waals surface area contributed by atoms with Crippen LogP contribution in [0.2, 0.25) is 5.02 Å². The van der Waals surface area contributed by atoms with E-state index in [1.54, 1.807) is 36.1 Å². The maximum Gasteiger partial charge on any atom is 0.214 e. The molecule has 0 spiro atoms. The number of benzene rings is 2. The smallest absolute Gasteiger partial charge is 0.214 e. The molecule has 8 heteroatoms. The lowest BCUT2D eigenvalue weighted by Gasteiger charge is -2.08. The molecule has 3 aromatic rings. The van der Waals surface area contributed by atoms with Gasteiger partial charge in [-0.25, -0.2) is 0 Å². The molecule has 0 aliphatic rings. The number of ether oxygens (including phenoxy) is 1. The van der Waals surface area contributed by atoms with E-state index in [0.29, 0.717) is 27.2 Å². The Balaban J connectivity index is 1.76. The number of nitrogens with zero attached hydrogens (tertiary/aromatic N) is 4. The van der Waals surface area contributed by atoms with Crippen molar-refractivity contribution in [2.45, 2.75) is 5.16 Å². The van der Waals surface area contributed by atoms with E-state index in [4.69, 9.17) is 16.3 Å². The number of Topliss-reactive ketones (excluding diaryl/α,β-unsaturated/α-hetero) is 1. The normalized spacial score (nSPS) is 10.6. The molecular weight excluding hydrogens is 348 g/mol. The number of tetrazole rings is 1. The molecule has 0 amide bonds. The average Bonchev–Trinajstić information content (AvgIpc) is 3.08. The highest BCUT2D eigenvalue weighted by molar-refractivity contribution is 7.99. The van der Waals surface area contributed by atoms with E-state index in [-0.39, 0.29) is 11.5 Å². The van der Waals surface area contributed by atoms with Crippen LogP contribution in [0.5, 0.6) is 5.75 Å². The Labute approximate surface area is 147 Å². The third-order valence-electron chi connectivity index (χ3n) is 3.25. The van der Waals surface area contributed by atoms with Gasteiger partial charge < -0.3 is 4.74 Å². The van der Waals surface area contributed by atoms with Crippen LogP contribution in [0.15, 0.2) is 53.7 Å². The second-order valence-electron chi connectivity index (χ2n) is 4.76. The quantitative estimate of drug-likeness (QED) is 0.496. The Morgan fingerprint density at radius 3 is 2.71 bits per heavy atom. The van der Waals surface area contributed by atoms with Gasteiger partial charge in [-0.15, -0.1) is 5.10 Å². The molecule has 0 fully saturated rings. The van der Waals surface area contributed by atoms with Crippen molar-refractivity contribution in [2.24, 2.45) is 0 Å². The first-order valence-electron chi connectivity index (χ1n) is 7.02. The van der Waals surface area contributed by atoms with Crippen LogP contribution in [-0.2, 0) is 0 Å². The first kappa shape index (κ1) is 16.5. The number of methoxy groups -OCH3 is 1. The van der Waals surface area contributed by atoms with Crippen molar-refractivity contribution in [1.82, 2.24) is 20.2 Å². The Kier molecular flexibility index (Phi) is 5.12. The SMILES string of the molecule is COc1ccccc1-n1nnnc1SCC(=O)c1ccc(Cl)cc1. The number of para-hydroxylation sites is 2. The van der Waals surface area contributed by atoms with Crippen LogP contribution in [0, 0.1) is 0 Å². The van der Waals surface area contributed by atoms with Gasteiger partial charge >= 0.3 is 0 Å². The summed E-state index contributed by atoms with van der Waals surface area (Å²) in [5.41, 5.74) is 1.31. The molecule has 0 aliphatic heterocycles. The van der Waals surface area contributed by atoms with Gasteiger partial charge in [0.1, 0.15) is 11.4 Å². The maximum absolute atomic E-state index is 12.3. The predicted molar refractivity (Wildman–Crippen MR) is 92.2 cm³/mol. The molecule has 122 valence electrons. The number of carbonyl (C=O) groups excluding carboxylic acids is 1. The fourth-order valence-corrected chi connectivity index (χ4v) is 2.98. The van der Waals surface area contributed by atoms with Crippen molar-refractivity contribution < 1.29 is 9.53 Å². The van der Waals surface area contributed by atoms with Crippen LogP contribution in [0.1, 0.15) is 10.4 Å². The van der Waals surface area contributed by atoms with E-state index >= 15 is 0 Å². The van der Waals surface area contributed by atoms with Crippen molar-refractivity contribution in [2.75, 3.05) is 12.9 Å². The van der Waals surface area contributed by atoms with Crippen molar-refractivity contribution in [3.8, 4) is 11.4 Å². The molecule has 0 aliphatic carbocycles. The number of hydrogen-bond donors (Lipinski definition) is 0. The molecule has 2 aromatic carbocycles. The molecule has 24 heavy (non-hydrogen) atoms. The first-order chi connectivity index (χ1) is 11.7. The van der Waals surface area contributed by atoms with Crippen molar-refractivity contribution in [3.63, 3.8) is 0 Å². The fraction of sp³-hybridized carbons (Fsp3) is 0.125. The summed E-state index contributed by atoms with van der Waals surface area (Å²) in [6.07, 6.45) is 0.